The monoisotopic (exact) mass is 299 g/mol. The van der Waals surface area contributed by atoms with E-state index in [1.807, 2.05) is 5.32 Å². The van der Waals surface area contributed by atoms with Gasteiger partial charge in [0.25, 0.3) is 5.91 Å². The van der Waals surface area contributed by atoms with Crippen LogP contribution in [0.4, 0.5) is 23.2 Å². The Kier molecular flexibility index (Phi) is 3.84. The highest BCUT2D eigenvalue weighted by molar-refractivity contribution is 6.05. The van der Waals surface area contributed by atoms with E-state index in [1.165, 1.54) is 6.07 Å². The van der Waals surface area contributed by atoms with Crippen molar-refractivity contribution < 1.29 is 27.5 Å². The number of carbonyl (C=O) groups is 1. The van der Waals surface area contributed by atoms with Crippen molar-refractivity contribution in [3.05, 3.63) is 59.4 Å². The zero-order valence-electron chi connectivity index (χ0n) is 10.4. The predicted molar refractivity (Wildman–Crippen MR) is 67.5 cm³/mol. The number of benzene rings is 2. The Labute approximate surface area is 116 Å². The number of rotatable bonds is 2. The van der Waals surface area contributed by atoms with Crippen LogP contribution in [-0.4, -0.2) is 11.0 Å². The molecular weight excluding hydrogens is 290 g/mol. The summed E-state index contributed by atoms with van der Waals surface area (Å²) in [5, 5.41) is 11.1. The van der Waals surface area contributed by atoms with Crippen LogP contribution in [-0.2, 0) is 6.18 Å². The van der Waals surface area contributed by atoms with Gasteiger partial charge in [-0.1, -0.05) is 12.1 Å². The van der Waals surface area contributed by atoms with Crippen molar-refractivity contribution in [1.29, 1.82) is 0 Å². The van der Waals surface area contributed by atoms with Crippen LogP contribution in [0.5, 0.6) is 5.75 Å². The summed E-state index contributed by atoms with van der Waals surface area (Å²) in [5.41, 5.74) is -2.05. The summed E-state index contributed by atoms with van der Waals surface area (Å²) in [4.78, 5) is 11.9. The Hall–Kier alpha value is -2.57. The molecular formula is C14H9F4NO2. The van der Waals surface area contributed by atoms with Crippen LogP contribution < -0.4 is 5.32 Å². The number of carbonyl (C=O) groups excluding carboxylic acids is 1. The zero-order valence-corrected chi connectivity index (χ0v) is 10.4. The number of hydrogen-bond acceptors (Lipinski definition) is 2. The minimum atomic E-state index is -4.69. The molecule has 0 aromatic heterocycles. The third kappa shape index (κ3) is 3.31. The average Bonchev–Trinajstić information content (AvgIpc) is 2.41. The Bertz CT molecular complexity index is 683. The number of phenolic OH excluding ortho intramolecular Hbond substituents is 1. The van der Waals surface area contributed by atoms with Gasteiger partial charge in [-0.2, -0.15) is 13.2 Å². The Morgan fingerprint density at radius 3 is 2.38 bits per heavy atom. The Balaban J connectivity index is 2.33. The minimum Gasteiger partial charge on any atom is -0.508 e. The molecule has 0 radical (unpaired) electrons. The van der Waals surface area contributed by atoms with E-state index in [2.05, 4.69) is 0 Å². The van der Waals surface area contributed by atoms with Crippen LogP contribution in [0, 0.1) is 5.82 Å². The lowest BCUT2D eigenvalue weighted by molar-refractivity contribution is -0.137. The number of halogens is 4. The van der Waals surface area contributed by atoms with E-state index in [9.17, 15) is 22.4 Å². The van der Waals surface area contributed by atoms with Gasteiger partial charge in [0.2, 0.25) is 0 Å². The van der Waals surface area contributed by atoms with Gasteiger partial charge in [-0.25, -0.2) is 4.39 Å². The number of alkyl halides is 3. The third-order valence-corrected chi connectivity index (χ3v) is 2.68. The maximum atomic E-state index is 13.5. The van der Waals surface area contributed by atoms with Gasteiger partial charge in [0.1, 0.15) is 11.6 Å². The Morgan fingerprint density at radius 1 is 1.10 bits per heavy atom. The lowest BCUT2D eigenvalue weighted by atomic mass is 10.1. The molecule has 1 amide bonds. The second kappa shape index (κ2) is 5.43. The van der Waals surface area contributed by atoms with Crippen LogP contribution in [0.1, 0.15) is 15.9 Å². The lowest BCUT2D eigenvalue weighted by Gasteiger charge is -2.13. The van der Waals surface area contributed by atoms with Gasteiger partial charge >= 0.3 is 6.18 Å². The normalized spacial score (nSPS) is 11.2. The number of aromatic hydroxyl groups is 1. The van der Waals surface area contributed by atoms with E-state index in [4.69, 9.17) is 5.11 Å². The van der Waals surface area contributed by atoms with Crippen molar-refractivity contribution in [2.24, 2.45) is 0 Å². The van der Waals surface area contributed by atoms with Gasteiger partial charge < -0.3 is 10.4 Å². The fourth-order valence-electron chi connectivity index (χ4n) is 1.72. The summed E-state index contributed by atoms with van der Waals surface area (Å²) in [6, 6.07) is 7.09. The van der Waals surface area contributed by atoms with Gasteiger partial charge in [0.15, 0.2) is 0 Å². The van der Waals surface area contributed by atoms with Crippen LogP contribution in [0.25, 0.3) is 0 Å². The van der Waals surface area contributed by atoms with E-state index in [0.717, 1.165) is 36.4 Å². The summed E-state index contributed by atoms with van der Waals surface area (Å²) in [5.74, 6) is -2.40. The smallest absolute Gasteiger partial charge is 0.417 e. The molecule has 0 saturated heterocycles. The second-order valence-corrected chi connectivity index (χ2v) is 4.16. The largest absolute Gasteiger partial charge is 0.508 e. The summed E-state index contributed by atoms with van der Waals surface area (Å²) in [7, 11) is 0. The SMILES string of the molecule is O=C(Nc1ccc(O)cc1F)c1ccccc1C(F)(F)F. The molecule has 110 valence electrons. The maximum absolute atomic E-state index is 13.5. The van der Waals surface area contributed by atoms with Crippen molar-refractivity contribution in [3.8, 4) is 5.75 Å². The number of phenols is 1. The van der Waals surface area contributed by atoms with E-state index in [0.29, 0.717) is 0 Å². The van der Waals surface area contributed by atoms with Crippen molar-refractivity contribution in [2.45, 2.75) is 6.18 Å². The van der Waals surface area contributed by atoms with E-state index >= 15 is 0 Å². The highest BCUT2D eigenvalue weighted by Crippen LogP contribution is 2.32. The zero-order chi connectivity index (χ0) is 15.6. The van der Waals surface area contributed by atoms with Gasteiger partial charge in [-0.15, -0.1) is 0 Å². The van der Waals surface area contributed by atoms with Crippen molar-refractivity contribution >= 4 is 11.6 Å². The summed E-state index contributed by atoms with van der Waals surface area (Å²) in [6.45, 7) is 0. The number of hydrogen-bond donors (Lipinski definition) is 2. The van der Waals surface area contributed by atoms with Crippen LogP contribution in [0.15, 0.2) is 42.5 Å². The van der Waals surface area contributed by atoms with Gasteiger partial charge in [-0.05, 0) is 24.3 Å². The molecule has 0 fully saturated rings. The number of nitrogens with one attached hydrogen (secondary N) is 1. The maximum Gasteiger partial charge on any atom is 0.417 e. The number of anilines is 1. The standard InChI is InChI=1S/C14H9F4NO2/c15-11-7-8(20)5-6-12(11)19-13(21)9-3-1-2-4-10(9)14(16,17)18/h1-7,20H,(H,19,21). The first kappa shape index (κ1) is 14.8. The molecule has 2 aromatic carbocycles. The molecule has 0 aliphatic heterocycles. The first-order valence-corrected chi connectivity index (χ1v) is 5.75. The van der Waals surface area contributed by atoms with E-state index in [-0.39, 0.29) is 11.4 Å². The van der Waals surface area contributed by atoms with Gasteiger partial charge in [0.05, 0.1) is 16.8 Å². The molecule has 0 spiro atoms. The molecule has 0 aliphatic carbocycles. The van der Waals surface area contributed by atoms with Crippen LogP contribution >= 0.6 is 0 Å². The molecule has 0 atom stereocenters. The van der Waals surface area contributed by atoms with E-state index in [1.54, 1.807) is 0 Å². The molecule has 0 bridgehead atoms. The molecule has 2 aromatic rings. The minimum absolute atomic E-state index is 0.324. The molecule has 3 nitrogen and oxygen atoms in total. The molecule has 7 heteroatoms. The fourth-order valence-corrected chi connectivity index (χ4v) is 1.72. The molecule has 0 heterocycles. The topological polar surface area (TPSA) is 49.3 Å². The van der Waals surface area contributed by atoms with Crippen molar-refractivity contribution in [1.82, 2.24) is 0 Å². The molecule has 0 unspecified atom stereocenters. The third-order valence-electron chi connectivity index (χ3n) is 2.68. The summed E-state index contributed by atoms with van der Waals surface area (Å²) < 4.78 is 51.8. The first-order chi connectivity index (χ1) is 9.79. The van der Waals surface area contributed by atoms with Crippen molar-refractivity contribution in [2.75, 3.05) is 5.32 Å². The van der Waals surface area contributed by atoms with Gasteiger partial charge in [0, 0.05) is 6.07 Å². The van der Waals surface area contributed by atoms with Crippen molar-refractivity contribution in [3.63, 3.8) is 0 Å². The average molecular weight is 299 g/mol. The molecule has 2 rings (SSSR count). The fraction of sp³-hybridized carbons (Fsp3) is 0.0714. The number of amides is 1. The molecule has 2 N–H and O–H groups in total. The highest BCUT2D eigenvalue weighted by atomic mass is 19.4. The summed E-state index contributed by atoms with van der Waals surface area (Å²) >= 11 is 0. The second-order valence-electron chi connectivity index (χ2n) is 4.16. The quantitative estimate of drug-likeness (QED) is 0.654. The molecule has 0 saturated carbocycles. The van der Waals surface area contributed by atoms with E-state index < -0.39 is 29.0 Å². The summed E-state index contributed by atoms with van der Waals surface area (Å²) in [6.07, 6.45) is -4.69. The predicted octanol–water partition coefficient (Wildman–Crippen LogP) is 3.80. The first-order valence-electron chi connectivity index (χ1n) is 5.75. The van der Waals surface area contributed by atoms with Crippen LogP contribution in [0.2, 0.25) is 0 Å². The van der Waals surface area contributed by atoms with Gasteiger partial charge in [-0.3, -0.25) is 4.79 Å². The molecule has 0 aliphatic rings. The lowest BCUT2D eigenvalue weighted by Crippen LogP contribution is -2.19. The molecule has 21 heavy (non-hydrogen) atoms. The highest BCUT2D eigenvalue weighted by Gasteiger charge is 2.34. The Morgan fingerprint density at radius 2 is 1.76 bits per heavy atom. The van der Waals surface area contributed by atoms with Crippen LogP contribution in [0.3, 0.4) is 0 Å².